The summed E-state index contributed by atoms with van der Waals surface area (Å²) < 4.78 is 28.4. The number of rotatable bonds is 8. The first kappa shape index (κ1) is 21.7. The highest BCUT2D eigenvalue weighted by Crippen LogP contribution is 2.15. The molecule has 0 fully saturated rings. The maximum absolute atomic E-state index is 13.1. The Labute approximate surface area is 178 Å². The van der Waals surface area contributed by atoms with E-state index < -0.39 is 16.1 Å². The van der Waals surface area contributed by atoms with Gasteiger partial charge in [-0.2, -0.15) is 4.72 Å². The maximum atomic E-state index is 13.1. The third-order valence-electron chi connectivity index (χ3n) is 4.89. The van der Waals surface area contributed by atoms with Crippen molar-refractivity contribution < 1.29 is 13.2 Å². The fourth-order valence-electron chi connectivity index (χ4n) is 3.15. The van der Waals surface area contributed by atoms with E-state index in [4.69, 9.17) is 0 Å². The van der Waals surface area contributed by atoms with Crippen LogP contribution in [0, 0.1) is 6.92 Å². The van der Waals surface area contributed by atoms with Crippen LogP contribution in [-0.4, -0.2) is 20.4 Å². The standard InChI is InChI=1S/C24H26N2O3S/c1-18-13-15-22(16-14-18)30(28,29)26-23(17-20-9-5-3-6-10-20)24(27)25-19(2)21-11-7-4-8-12-21/h3-16,19,23,26H,17H2,1-2H3,(H,25,27). The topological polar surface area (TPSA) is 75.3 Å². The molecule has 0 aliphatic rings. The predicted molar refractivity (Wildman–Crippen MR) is 118 cm³/mol. The lowest BCUT2D eigenvalue weighted by Crippen LogP contribution is -2.48. The van der Waals surface area contributed by atoms with Crippen molar-refractivity contribution >= 4 is 15.9 Å². The summed E-state index contributed by atoms with van der Waals surface area (Å²) in [5.74, 6) is -0.370. The lowest BCUT2D eigenvalue weighted by molar-refractivity contribution is -0.123. The van der Waals surface area contributed by atoms with Crippen LogP contribution in [0.25, 0.3) is 0 Å². The van der Waals surface area contributed by atoms with Gasteiger partial charge in [-0.05, 0) is 43.5 Å². The third-order valence-corrected chi connectivity index (χ3v) is 6.37. The van der Waals surface area contributed by atoms with Gasteiger partial charge in [0.2, 0.25) is 15.9 Å². The van der Waals surface area contributed by atoms with Crippen molar-refractivity contribution in [2.24, 2.45) is 0 Å². The maximum Gasteiger partial charge on any atom is 0.241 e. The van der Waals surface area contributed by atoms with Crippen LogP contribution >= 0.6 is 0 Å². The minimum atomic E-state index is -3.85. The minimum Gasteiger partial charge on any atom is -0.348 e. The summed E-state index contributed by atoms with van der Waals surface area (Å²) in [6.07, 6.45) is 0.249. The fourth-order valence-corrected chi connectivity index (χ4v) is 4.34. The summed E-state index contributed by atoms with van der Waals surface area (Å²) >= 11 is 0. The van der Waals surface area contributed by atoms with Crippen LogP contribution < -0.4 is 10.0 Å². The van der Waals surface area contributed by atoms with Crippen LogP contribution in [0.4, 0.5) is 0 Å². The van der Waals surface area contributed by atoms with Gasteiger partial charge in [-0.1, -0.05) is 78.4 Å². The summed E-state index contributed by atoms with van der Waals surface area (Å²) in [7, 11) is -3.85. The van der Waals surface area contributed by atoms with Crippen molar-refractivity contribution in [3.8, 4) is 0 Å². The number of sulfonamides is 1. The number of aryl methyl sites for hydroxylation is 1. The molecule has 30 heavy (non-hydrogen) atoms. The molecule has 0 saturated heterocycles. The monoisotopic (exact) mass is 422 g/mol. The quantitative estimate of drug-likeness (QED) is 0.580. The van der Waals surface area contributed by atoms with Crippen LogP contribution in [0.3, 0.4) is 0 Å². The Morgan fingerprint density at radius 3 is 2.03 bits per heavy atom. The summed E-state index contributed by atoms with van der Waals surface area (Å²) in [4.78, 5) is 13.2. The molecule has 0 aromatic heterocycles. The summed E-state index contributed by atoms with van der Waals surface area (Å²) in [5.41, 5.74) is 2.78. The Balaban J connectivity index is 1.82. The second kappa shape index (κ2) is 9.69. The summed E-state index contributed by atoms with van der Waals surface area (Å²) in [6, 6.07) is 24.3. The van der Waals surface area contributed by atoms with Crippen molar-refractivity contribution in [2.45, 2.75) is 37.2 Å². The largest absolute Gasteiger partial charge is 0.348 e. The third kappa shape index (κ3) is 5.78. The highest BCUT2D eigenvalue weighted by molar-refractivity contribution is 7.89. The van der Waals surface area contributed by atoms with E-state index in [1.165, 1.54) is 0 Å². The lowest BCUT2D eigenvalue weighted by Gasteiger charge is -2.22. The van der Waals surface area contributed by atoms with Gasteiger partial charge in [-0.15, -0.1) is 0 Å². The van der Waals surface area contributed by atoms with Crippen LogP contribution in [-0.2, 0) is 21.2 Å². The molecule has 0 bridgehead atoms. The van der Waals surface area contributed by atoms with Crippen molar-refractivity contribution in [2.75, 3.05) is 0 Å². The van der Waals surface area contributed by atoms with Gasteiger partial charge in [0, 0.05) is 0 Å². The Morgan fingerprint density at radius 1 is 0.867 bits per heavy atom. The first-order valence-electron chi connectivity index (χ1n) is 9.83. The van der Waals surface area contributed by atoms with E-state index in [0.29, 0.717) is 0 Å². The molecule has 3 aromatic rings. The molecule has 6 heteroatoms. The van der Waals surface area contributed by atoms with E-state index in [1.807, 2.05) is 74.5 Å². The van der Waals surface area contributed by atoms with Gasteiger partial charge >= 0.3 is 0 Å². The molecule has 5 nitrogen and oxygen atoms in total. The fraction of sp³-hybridized carbons (Fsp3) is 0.208. The molecule has 1 amide bonds. The zero-order valence-corrected chi connectivity index (χ0v) is 17.9. The molecule has 0 aliphatic heterocycles. The van der Waals surface area contributed by atoms with Crippen molar-refractivity contribution in [3.05, 3.63) is 102 Å². The van der Waals surface area contributed by atoms with Crippen molar-refractivity contribution in [1.29, 1.82) is 0 Å². The van der Waals surface area contributed by atoms with Gasteiger partial charge < -0.3 is 5.32 Å². The van der Waals surface area contributed by atoms with Crippen LogP contribution in [0.5, 0.6) is 0 Å². The van der Waals surface area contributed by atoms with Crippen LogP contribution in [0.1, 0.15) is 29.7 Å². The smallest absolute Gasteiger partial charge is 0.241 e. The van der Waals surface area contributed by atoms with E-state index >= 15 is 0 Å². The number of carbonyl (C=O) groups excluding carboxylic acids is 1. The van der Waals surface area contributed by atoms with Gasteiger partial charge in [-0.3, -0.25) is 4.79 Å². The minimum absolute atomic E-state index is 0.134. The molecule has 2 unspecified atom stereocenters. The zero-order valence-electron chi connectivity index (χ0n) is 17.1. The highest BCUT2D eigenvalue weighted by Gasteiger charge is 2.27. The number of amides is 1. The second-order valence-corrected chi connectivity index (χ2v) is 9.03. The molecular weight excluding hydrogens is 396 g/mol. The van der Waals surface area contributed by atoms with E-state index in [9.17, 15) is 13.2 Å². The first-order valence-corrected chi connectivity index (χ1v) is 11.3. The average Bonchev–Trinajstić information content (AvgIpc) is 2.74. The van der Waals surface area contributed by atoms with Gasteiger partial charge in [0.25, 0.3) is 0 Å². The molecule has 2 atom stereocenters. The highest BCUT2D eigenvalue weighted by atomic mass is 32.2. The average molecular weight is 423 g/mol. The summed E-state index contributed by atoms with van der Waals surface area (Å²) in [5, 5.41) is 2.93. The number of benzene rings is 3. The number of carbonyl (C=O) groups is 1. The van der Waals surface area contributed by atoms with Gasteiger partial charge in [0.05, 0.1) is 10.9 Å². The molecule has 156 valence electrons. The molecule has 0 aliphatic carbocycles. The SMILES string of the molecule is Cc1ccc(S(=O)(=O)NC(Cc2ccccc2)C(=O)NC(C)c2ccccc2)cc1. The van der Waals surface area contributed by atoms with Crippen LogP contribution in [0.15, 0.2) is 89.8 Å². The molecular formula is C24H26N2O3S. The van der Waals surface area contributed by atoms with E-state index in [1.54, 1.807) is 24.3 Å². The molecule has 0 saturated carbocycles. The van der Waals surface area contributed by atoms with Gasteiger partial charge in [0.1, 0.15) is 6.04 Å². The Kier molecular flexibility index (Phi) is 7.03. The van der Waals surface area contributed by atoms with Crippen molar-refractivity contribution in [3.63, 3.8) is 0 Å². The second-order valence-electron chi connectivity index (χ2n) is 7.32. The molecule has 0 spiro atoms. The lowest BCUT2D eigenvalue weighted by atomic mass is 10.0. The molecule has 0 heterocycles. The van der Waals surface area contributed by atoms with Gasteiger partial charge in [0.15, 0.2) is 0 Å². The summed E-state index contributed by atoms with van der Waals surface area (Å²) in [6.45, 7) is 3.77. The van der Waals surface area contributed by atoms with E-state index in [0.717, 1.165) is 16.7 Å². The number of nitrogens with one attached hydrogen (secondary N) is 2. The normalized spacial score (nSPS) is 13.4. The van der Waals surface area contributed by atoms with Crippen LogP contribution in [0.2, 0.25) is 0 Å². The van der Waals surface area contributed by atoms with E-state index in [-0.39, 0.29) is 23.3 Å². The predicted octanol–water partition coefficient (Wildman–Crippen LogP) is 3.76. The molecule has 3 rings (SSSR count). The van der Waals surface area contributed by atoms with E-state index in [2.05, 4.69) is 10.0 Å². The first-order chi connectivity index (χ1) is 14.3. The number of hydrogen-bond acceptors (Lipinski definition) is 3. The van der Waals surface area contributed by atoms with Gasteiger partial charge in [-0.25, -0.2) is 8.42 Å². The molecule has 2 N–H and O–H groups in total. The number of hydrogen-bond donors (Lipinski definition) is 2. The Morgan fingerprint density at radius 2 is 1.43 bits per heavy atom. The Hall–Kier alpha value is -2.96. The van der Waals surface area contributed by atoms with Crippen molar-refractivity contribution in [1.82, 2.24) is 10.0 Å². The molecule has 0 radical (unpaired) electrons. The zero-order chi connectivity index (χ0) is 21.6. The molecule has 3 aromatic carbocycles. The Bertz CT molecular complexity index is 1070.